The van der Waals surface area contributed by atoms with E-state index in [1.807, 2.05) is 36.4 Å². The van der Waals surface area contributed by atoms with Crippen molar-refractivity contribution in [1.82, 2.24) is 9.29 Å². The predicted octanol–water partition coefficient (Wildman–Crippen LogP) is 5.64. The van der Waals surface area contributed by atoms with Crippen LogP contribution < -0.4 is 9.47 Å². The topological polar surface area (TPSA) is 68.7 Å². The van der Waals surface area contributed by atoms with Crippen molar-refractivity contribution in [3.8, 4) is 11.5 Å². The minimum Gasteiger partial charge on any atom is -0.493 e. The first kappa shape index (κ1) is 23.7. The lowest BCUT2D eigenvalue weighted by molar-refractivity contribution is 0.176. The molecular weight excluding hydrogens is 456 g/mol. The zero-order valence-electron chi connectivity index (χ0n) is 18.9. The zero-order valence-corrected chi connectivity index (χ0v) is 20.5. The molecule has 1 aliphatic carbocycles. The molecule has 4 rings (SSSR count). The Morgan fingerprint density at radius 1 is 1.00 bits per heavy atom. The van der Waals surface area contributed by atoms with Crippen LogP contribution in [-0.2, 0) is 23.1 Å². The highest BCUT2D eigenvalue weighted by molar-refractivity contribution is 7.91. The molecule has 1 saturated carbocycles. The molecular formula is C25H30N2O4S2. The minimum absolute atomic E-state index is 0.184. The number of methoxy groups -OCH3 is 1. The molecule has 1 aromatic carbocycles. The highest BCUT2D eigenvalue weighted by Crippen LogP contribution is 2.33. The molecule has 3 aromatic rings. The molecule has 1 aliphatic rings. The standard InChI is InChI=1S/C25H30N2O4S2/c1-30-24-17-20(13-14-23(24)31-22-10-4-2-3-5-11-22)18-27(19-21-9-6-7-15-26-21)33(28,29)25-12-8-16-32-25/h6-9,12-17,22H,2-5,10-11,18-19H2,1H3. The van der Waals surface area contributed by atoms with E-state index in [4.69, 9.17) is 9.47 Å². The molecule has 0 spiro atoms. The second-order valence-electron chi connectivity index (χ2n) is 8.24. The van der Waals surface area contributed by atoms with Crippen LogP contribution in [0.15, 0.2) is 64.3 Å². The zero-order chi connectivity index (χ0) is 23.1. The Balaban J connectivity index is 1.57. The van der Waals surface area contributed by atoms with Gasteiger partial charge < -0.3 is 9.47 Å². The van der Waals surface area contributed by atoms with E-state index in [1.54, 1.807) is 30.8 Å². The first-order valence-electron chi connectivity index (χ1n) is 11.3. The largest absolute Gasteiger partial charge is 0.493 e. The minimum atomic E-state index is -3.67. The summed E-state index contributed by atoms with van der Waals surface area (Å²) in [5.74, 6) is 1.34. The Morgan fingerprint density at radius 3 is 2.48 bits per heavy atom. The van der Waals surface area contributed by atoms with E-state index in [-0.39, 0.29) is 19.2 Å². The summed E-state index contributed by atoms with van der Waals surface area (Å²) in [6.07, 6.45) is 8.90. The van der Waals surface area contributed by atoms with E-state index in [0.29, 0.717) is 21.4 Å². The van der Waals surface area contributed by atoms with Crippen molar-refractivity contribution >= 4 is 21.4 Å². The highest BCUT2D eigenvalue weighted by Gasteiger charge is 2.27. The molecule has 176 valence electrons. The number of benzene rings is 1. The molecule has 0 N–H and O–H groups in total. The van der Waals surface area contributed by atoms with Crippen molar-refractivity contribution in [2.45, 2.75) is 61.9 Å². The normalized spacial score (nSPS) is 15.3. The van der Waals surface area contributed by atoms with Gasteiger partial charge in [-0.1, -0.05) is 31.0 Å². The van der Waals surface area contributed by atoms with Gasteiger partial charge in [-0.05, 0) is 67.0 Å². The number of hydrogen-bond donors (Lipinski definition) is 0. The van der Waals surface area contributed by atoms with Crippen LogP contribution in [0.5, 0.6) is 11.5 Å². The number of pyridine rings is 1. The van der Waals surface area contributed by atoms with Crippen LogP contribution in [0.1, 0.15) is 49.8 Å². The number of sulfonamides is 1. The van der Waals surface area contributed by atoms with Gasteiger partial charge in [-0.2, -0.15) is 4.31 Å². The van der Waals surface area contributed by atoms with Gasteiger partial charge in [-0.15, -0.1) is 11.3 Å². The van der Waals surface area contributed by atoms with Crippen LogP contribution in [0.2, 0.25) is 0 Å². The van der Waals surface area contributed by atoms with E-state index in [0.717, 1.165) is 18.4 Å². The number of rotatable bonds is 9. The molecule has 6 nitrogen and oxygen atoms in total. The van der Waals surface area contributed by atoms with Gasteiger partial charge in [0.2, 0.25) is 0 Å². The quantitative estimate of drug-likeness (QED) is 0.366. The second kappa shape index (κ2) is 11.1. The molecule has 33 heavy (non-hydrogen) atoms. The molecule has 2 aromatic heterocycles. The summed E-state index contributed by atoms with van der Waals surface area (Å²) in [6, 6.07) is 14.6. The molecule has 0 radical (unpaired) electrons. The van der Waals surface area contributed by atoms with Gasteiger partial charge >= 0.3 is 0 Å². The summed E-state index contributed by atoms with van der Waals surface area (Å²) in [5.41, 5.74) is 1.52. The van der Waals surface area contributed by atoms with Gasteiger partial charge in [0.05, 0.1) is 25.5 Å². The first-order chi connectivity index (χ1) is 16.1. The number of aromatic nitrogens is 1. The van der Waals surface area contributed by atoms with Crippen LogP contribution in [0.25, 0.3) is 0 Å². The van der Waals surface area contributed by atoms with Crippen molar-refractivity contribution in [3.63, 3.8) is 0 Å². The summed E-state index contributed by atoms with van der Waals surface area (Å²) in [4.78, 5) is 4.33. The van der Waals surface area contributed by atoms with E-state index >= 15 is 0 Å². The Hall–Kier alpha value is -2.42. The maximum atomic E-state index is 13.4. The number of hydrogen-bond acceptors (Lipinski definition) is 6. The van der Waals surface area contributed by atoms with Gasteiger partial charge in [-0.3, -0.25) is 4.98 Å². The first-order valence-corrected chi connectivity index (χ1v) is 13.7. The fraction of sp³-hybridized carbons (Fsp3) is 0.400. The Bertz CT molecular complexity index is 1110. The van der Waals surface area contributed by atoms with Gasteiger partial charge in [-0.25, -0.2) is 8.42 Å². The fourth-order valence-electron chi connectivity index (χ4n) is 4.09. The van der Waals surface area contributed by atoms with Gasteiger partial charge in [0.15, 0.2) is 11.5 Å². The Morgan fingerprint density at radius 2 is 1.82 bits per heavy atom. The average molecular weight is 487 g/mol. The maximum Gasteiger partial charge on any atom is 0.253 e. The highest BCUT2D eigenvalue weighted by atomic mass is 32.2. The summed E-state index contributed by atoms with van der Waals surface area (Å²) in [7, 11) is -2.05. The lowest BCUT2D eigenvalue weighted by Gasteiger charge is -2.23. The molecule has 0 aliphatic heterocycles. The maximum absolute atomic E-state index is 13.4. The third-order valence-electron chi connectivity index (χ3n) is 5.84. The lowest BCUT2D eigenvalue weighted by atomic mass is 10.1. The molecule has 0 saturated heterocycles. The number of ether oxygens (including phenoxy) is 2. The van der Waals surface area contributed by atoms with E-state index in [2.05, 4.69) is 4.98 Å². The number of thiophene rings is 1. The number of nitrogens with zero attached hydrogens (tertiary/aromatic N) is 2. The summed E-state index contributed by atoms with van der Waals surface area (Å²) < 4.78 is 40.4. The Kier molecular flexibility index (Phi) is 8.01. The van der Waals surface area contributed by atoms with Crippen molar-refractivity contribution in [2.75, 3.05) is 7.11 Å². The molecule has 0 amide bonds. The molecule has 8 heteroatoms. The predicted molar refractivity (Wildman–Crippen MR) is 130 cm³/mol. The third kappa shape index (κ3) is 6.13. The van der Waals surface area contributed by atoms with E-state index in [9.17, 15) is 8.42 Å². The lowest BCUT2D eigenvalue weighted by Crippen LogP contribution is -2.30. The summed E-state index contributed by atoms with van der Waals surface area (Å²) in [5, 5.41) is 1.77. The smallest absolute Gasteiger partial charge is 0.253 e. The SMILES string of the molecule is COc1cc(CN(Cc2ccccn2)S(=O)(=O)c2cccs2)ccc1OC1CCCCCC1. The van der Waals surface area contributed by atoms with Gasteiger partial charge in [0.1, 0.15) is 4.21 Å². The van der Waals surface area contributed by atoms with E-state index < -0.39 is 10.0 Å². The summed E-state index contributed by atoms with van der Waals surface area (Å²) >= 11 is 1.22. The van der Waals surface area contributed by atoms with Crippen LogP contribution in [0.4, 0.5) is 0 Å². The van der Waals surface area contributed by atoms with E-state index in [1.165, 1.54) is 41.3 Å². The molecule has 0 bridgehead atoms. The van der Waals surface area contributed by atoms with Crippen LogP contribution >= 0.6 is 11.3 Å². The van der Waals surface area contributed by atoms with Crippen molar-refractivity contribution in [1.29, 1.82) is 0 Å². The van der Waals surface area contributed by atoms with Gasteiger partial charge in [0, 0.05) is 12.7 Å². The Labute approximate surface area is 200 Å². The van der Waals surface area contributed by atoms with Gasteiger partial charge in [0.25, 0.3) is 10.0 Å². The molecule has 1 fully saturated rings. The monoisotopic (exact) mass is 486 g/mol. The molecule has 2 heterocycles. The molecule has 0 unspecified atom stereocenters. The average Bonchev–Trinajstić information content (AvgIpc) is 3.27. The third-order valence-corrected chi connectivity index (χ3v) is 9.00. The van der Waals surface area contributed by atoms with Crippen molar-refractivity contribution in [2.24, 2.45) is 0 Å². The second-order valence-corrected chi connectivity index (χ2v) is 11.4. The summed E-state index contributed by atoms with van der Waals surface area (Å²) in [6.45, 7) is 0.389. The van der Waals surface area contributed by atoms with Crippen LogP contribution in [0, 0.1) is 0 Å². The fourth-order valence-corrected chi connectivity index (χ4v) is 6.63. The van der Waals surface area contributed by atoms with Crippen LogP contribution in [0.3, 0.4) is 0 Å². The van der Waals surface area contributed by atoms with Crippen molar-refractivity contribution < 1.29 is 17.9 Å². The molecule has 0 atom stereocenters. The van der Waals surface area contributed by atoms with Crippen LogP contribution in [-0.4, -0.2) is 30.9 Å². The van der Waals surface area contributed by atoms with Crippen molar-refractivity contribution in [3.05, 3.63) is 71.4 Å².